The Morgan fingerprint density at radius 3 is 2.41 bits per heavy atom. The van der Waals surface area contributed by atoms with Crippen LogP contribution < -0.4 is 22.5 Å². The summed E-state index contributed by atoms with van der Waals surface area (Å²) in [7, 11) is 0. The number of benzene rings is 1. The van der Waals surface area contributed by atoms with Crippen LogP contribution in [0, 0.1) is 0 Å². The Balaban J connectivity index is 2.05. The molecule has 15 nitrogen and oxygen atoms in total. The van der Waals surface area contributed by atoms with Gasteiger partial charge in [0.05, 0.1) is 31.9 Å². The van der Waals surface area contributed by atoms with E-state index in [1.54, 1.807) is 0 Å². The van der Waals surface area contributed by atoms with Crippen molar-refractivity contribution in [2.75, 3.05) is 25.6 Å². The average Bonchev–Trinajstić information content (AvgIpc) is 2.84. The van der Waals surface area contributed by atoms with Crippen LogP contribution in [-0.4, -0.2) is 94.4 Å². The summed E-state index contributed by atoms with van der Waals surface area (Å²) in [5.41, 5.74) is 16.6. The molecule has 0 saturated carbocycles. The van der Waals surface area contributed by atoms with Crippen LogP contribution in [-0.2, 0) is 23.8 Å². The Bertz CT molecular complexity index is 1040. The maximum atomic E-state index is 12.6. The number of phenols is 1. The minimum absolute atomic E-state index is 0.0783. The summed E-state index contributed by atoms with van der Waals surface area (Å²) in [5.74, 6) is -3.48. The summed E-state index contributed by atoms with van der Waals surface area (Å²) in [6.45, 7) is -0.0287. The van der Waals surface area contributed by atoms with E-state index >= 15 is 0 Å². The number of guanidine groups is 1. The van der Waals surface area contributed by atoms with E-state index in [1.807, 2.05) is 0 Å². The summed E-state index contributed by atoms with van der Waals surface area (Å²) in [6.07, 6.45) is -3.63. The number of aliphatic hydroxyl groups is 3. The number of ether oxygens (including phenoxy) is 3. The van der Waals surface area contributed by atoms with Crippen molar-refractivity contribution < 1.29 is 49.0 Å². The lowest BCUT2D eigenvalue weighted by atomic mass is 9.92. The molecule has 0 aromatic heterocycles. The van der Waals surface area contributed by atoms with Crippen molar-refractivity contribution >= 4 is 29.5 Å². The molecular formula is C22H31N5O10. The third kappa shape index (κ3) is 8.23. The smallest absolute Gasteiger partial charge is 0.373 e. The normalized spacial score (nSPS) is 20.4. The molecule has 1 aromatic rings. The van der Waals surface area contributed by atoms with Gasteiger partial charge in [-0.15, -0.1) is 0 Å². The summed E-state index contributed by atoms with van der Waals surface area (Å²) in [5, 5.41) is 41.8. The zero-order valence-electron chi connectivity index (χ0n) is 19.9. The predicted molar refractivity (Wildman–Crippen MR) is 128 cm³/mol. The van der Waals surface area contributed by atoms with Crippen molar-refractivity contribution in [1.29, 1.82) is 0 Å². The van der Waals surface area contributed by atoms with E-state index < -0.39 is 66.6 Å². The summed E-state index contributed by atoms with van der Waals surface area (Å²) < 4.78 is 15.7. The molecular weight excluding hydrogens is 494 g/mol. The molecule has 0 aliphatic carbocycles. The van der Waals surface area contributed by atoms with E-state index in [0.29, 0.717) is 0 Å². The number of aliphatic hydroxyl groups excluding tert-OH is 3. The van der Waals surface area contributed by atoms with Crippen LogP contribution >= 0.6 is 0 Å². The number of hydrogen-bond acceptors (Lipinski definition) is 12. The molecule has 0 bridgehead atoms. The lowest BCUT2D eigenvalue weighted by Crippen LogP contribution is -2.59. The molecule has 0 spiro atoms. The number of nitrogen functional groups attached to an aromatic ring is 1. The third-order valence-electron chi connectivity index (χ3n) is 5.09. The molecule has 0 saturated heterocycles. The number of carbonyl (C=O) groups excluding carboxylic acids is 3. The number of rotatable bonds is 11. The van der Waals surface area contributed by atoms with Crippen LogP contribution in [0.2, 0.25) is 0 Å². The van der Waals surface area contributed by atoms with Crippen LogP contribution in [0.4, 0.5) is 5.69 Å². The van der Waals surface area contributed by atoms with Gasteiger partial charge in [-0.05, 0) is 24.3 Å². The lowest BCUT2D eigenvalue weighted by Gasteiger charge is -2.38. The second kappa shape index (κ2) is 13.3. The third-order valence-corrected chi connectivity index (χ3v) is 5.09. The molecule has 0 unspecified atom stereocenters. The number of aliphatic imine (C=N–C) groups is 1. The maximum Gasteiger partial charge on any atom is 0.373 e. The van der Waals surface area contributed by atoms with Crippen LogP contribution in [0.5, 0.6) is 5.75 Å². The molecule has 0 radical (unpaired) electrons. The molecule has 5 atom stereocenters. The molecule has 1 aliphatic rings. The fourth-order valence-electron chi connectivity index (χ4n) is 3.38. The highest BCUT2D eigenvalue weighted by atomic mass is 16.6. The average molecular weight is 526 g/mol. The number of nitrogens with zero attached hydrogens (tertiary/aromatic N) is 1. The second-order valence-corrected chi connectivity index (χ2v) is 8.03. The first-order valence-corrected chi connectivity index (χ1v) is 11.1. The van der Waals surface area contributed by atoms with Crippen LogP contribution in [0.25, 0.3) is 0 Å². The Morgan fingerprint density at radius 1 is 1.16 bits per heavy atom. The minimum Gasteiger partial charge on any atom is -0.507 e. The number of carbonyl (C=O) groups is 3. The predicted octanol–water partition coefficient (Wildman–Crippen LogP) is -2.79. The fourth-order valence-corrected chi connectivity index (χ4v) is 3.38. The fraction of sp³-hybridized carbons (Fsp3) is 0.455. The highest BCUT2D eigenvalue weighted by Gasteiger charge is 2.44. The van der Waals surface area contributed by atoms with Crippen molar-refractivity contribution in [2.24, 2.45) is 16.5 Å². The Morgan fingerprint density at radius 2 is 1.81 bits per heavy atom. The Labute approximate surface area is 211 Å². The van der Waals surface area contributed by atoms with E-state index in [-0.39, 0.29) is 36.6 Å². The molecule has 15 heteroatoms. The summed E-state index contributed by atoms with van der Waals surface area (Å²) >= 11 is 0. The number of aromatic hydroxyl groups is 1. The van der Waals surface area contributed by atoms with E-state index in [0.717, 1.165) is 0 Å². The zero-order valence-corrected chi connectivity index (χ0v) is 19.9. The molecule has 37 heavy (non-hydrogen) atoms. The van der Waals surface area contributed by atoms with Gasteiger partial charge in [0.15, 0.2) is 5.96 Å². The minimum atomic E-state index is -1.75. The summed E-state index contributed by atoms with van der Waals surface area (Å²) in [4.78, 5) is 40.3. The van der Waals surface area contributed by atoms with E-state index in [1.165, 1.54) is 31.2 Å². The molecule has 2 rings (SSSR count). The van der Waals surface area contributed by atoms with E-state index in [2.05, 4.69) is 10.3 Å². The monoisotopic (exact) mass is 525 g/mol. The molecule has 204 valence electrons. The van der Waals surface area contributed by atoms with Crippen LogP contribution in [0.15, 0.2) is 35.0 Å². The molecule has 11 N–H and O–H groups in total. The Hall–Kier alpha value is -4.08. The molecule has 1 aromatic carbocycles. The molecule has 0 fully saturated rings. The van der Waals surface area contributed by atoms with Gasteiger partial charge in [-0.2, -0.15) is 0 Å². The Kier molecular flexibility index (Phi) is 10.5. The number of anilines is 1. The first-order chi connectivity index (χ1) is 17.4. The standard InChI is InChI=1S/C22H31N5O10/c1-10(29)26-17-13(27-22(24)25)8-16(37-19(17)18(32)15(31)9-28)21(34)36-6-2-5-35-20(33)12-7-11(23)3-4-14(12)30/h3-4,7-8,13,15,17-19,28,30-32H,2,5-6,9,23H2,1H3,(H,26,29)(H4,24,25,27)/t13-,15+,17+,18+,19+/m0/s1. The zero-order chi connectivity index (χ0) is 27.7. The first-order valence-electron chi connectivity index (χ1n) is 11.1. The van der Waals surface area contributed by atoms with Gasteiger partial charge in [0.1, 0.15) is 29.6 Å². The topological polar surface area (TPSA) is 262 Å². The van der Waals surface area contributed by atoms with Gasteiger partial charge in [0, 0.05) is 19.0 Å². The number of hydrogen-bond donors (Lipinski definition) is 8. The highest BCUT2D eigenvalue weighted by molar-refractivity contribution is 5.93. The van der Waals surface area contributed by atoms with E-state index in [9.17, 15) is 34.8 Å². The lowest BCUT2D eigenvalue weighted by molar-refractivity contribution is -0.151. The first kappa shape index (κ1) is 29.2. The highest BCUT2D eigenvalue weighted by Crippen LogP contribution is 2.25. The van der Waals surface area contributed by atoms with Gasteiger partial charge in [-0.1, -0.05) is 0 Å². The number of phenolic OH excluding ortho intramolecular Hbond substituents is 1. The van der Waals surface area contributed by atoms with Crippen LogP contribution in [0.3, 0.4) is 0 Å². The molecule has 1 amide bonds. The van der Waals surface area contributed by atoms with Gasteiger partial charge < -0.3 is 57.2 Å². The SMILES string of the molecule is CC(=O)N[C@H]1[C@H]([C@H](O)[C@H](O)CO)OC(C(=O)OCCCOC(=O)c2cc(N)ccc2O)=C[C@@H]1N=C(N)N. The van der Waals surface area contributed by atoms with Gasteiger partial charge in [0.25, 0.3) is 0 Å². The van der Waals surface area contributed by atoms with E-state index in [4.69, 9.17) is 31.4 Å². The molecule has 1 heterocycles. The largest absolute Gasteiger partial charge is 0.507 e. The van der Waals surface area contributed by atoms with Crippen molar-refractivity contribution in [3.63, 3.8) is 0 Å². The number of nitrogens with two attached hydrogens (primary N) is 3. The second-order valence-electron chi connectivity index (χ2n) is 8.03. The maximum absolute atomic E-state index is 12.6. The van der Waals surface area contributed by atoms with Gasteiger partial charge in [0.2, 0.25) is 11.7 Å². The molecule has 1 aliphatic heterocycles. The summed E-state index contributed by atoms with van der Waals surface area (Å²) in [6, 6.07) is 1.71. The van der Waals surface area contributed by atoms with Gasteiger partial charge in [-0.25, -0.2) is 14.6 Å². The van der Waals surface area contributed by atoms with Crippen molar-refractivity contribution in [3.8, 4) is 5.75 Å². The van der Waals surface area contributed by atoms with Crippen LogP contribution in [0.1, 0.15) is 23.7 Å². The number of amides is 1. The van der Waals surface area contributed by atoms with Crippen molar-refractivity contribution in [3.05, 3.63) is 35.6 Å². The number of esters is 2. The van der Waals surface area contributed by atoms with Crippen molar-refractivity contribution in [1.82, 2.24) is 5.32 Å². The van der Waals surface area contributed by atoms with Gasteiger partial charge in [-0.3, -0.25) is 4.79 Å². The quantitative estimate of drug-likeness (QED) is 0.0363. The number of nitrogens with one attached hydrogen (secondary N) is 1. The van der Waals surface area contributed by atoms with Gasteiger partial charge >= 0.3 is 11.9 Å². The van der Waals surface area contributed by atoms with Crippen molar-refractivity contribution in [2.45, 2.75) is 43.7 Å².